The molecule has 7 nitrogen and oxygen atoms in total. The number of hydrogen-bond acceptors (Lipinski definition) is 5. The third kappa shape index (κ3) is 6.25. The zero-order valence-corrected chi connectivity index (χ0v) is 18.4. The van der Waals surface area contributed by atoms with E-state index in [-0.39, 0.29) is 6.54 Å². The summed E-state index contributed by atoms with van der Waals surface area (Å²) in [5.41, 5.74) is -0.585. The Morgan fingerprint density at radius 3 is 2.32 bits per heavy atom. The van der Waals surface area contributed by atoms with Crippen LogP contribution in [0.1, 0.15) is 11.1 Å². The molecule has 31 heavy (non-hydrogen) atoms. The second-order valence-electron chi connectivity index (χ2n) is 6.40. The topological polar surface area (TPSA) is 84.9 Å². The van der Waals surface area contributed by atoms with Gasteiger partial charge in [-0.15, -0.1) is 0 Å². The Hall–Kier alpha value is -2.50. The molecule has 0 spiro atoms. The lowest BCUT2D eigenvalue weighted by atomic mass is 10.2. The minimum Gasteiger partial charge on any atom is -0.493 e. The van der Waals surface area contributed by atoms with E-state index in [2.05, 4.69) is 0 Å². The van der Waals surface area contributed by atoms with Crippen LogP contribution in [0.3, 0.4) is 0 Å². The first-order valence-electron chi connectivity index (χ1n) is 8.70. The Labute approximate surface area is 182 Å². The molecule has 0 aliphatic carbocycles. The lowest BCUT2D eigenvalue weighted by molar-refractivity contribution is -0.137. The van der Waals surface area contributed by atoms with Crippen LogP contribution < -0.4 is 14.2 Å². The van der Waals surface area contributed by atoms with Crippen molar-refractivity contribution in [2.24, 2.45) is 0 Å². The number of amides is 1. The maximum absolute atomic E-state index is 13.0. The van der Waals surface area contributed by atoms with Crippen LogP contribution in [0.4, 0.5) is 13.2 Å². The van der Waals surface area contributed by atoms with Crippen molar-refractivity contribution in [1.29, 1.82) is 0 Å². The Bertz CT molecular complexity index is 1060. The van der Waals surface area contributed by atoms with Gasteiger partial charge in [-0.2, -0.15) is 13.2 Å². The van der Waals surface area contributed by atoms with E-state index in [1.807, 2.05) is 4.72 Å². The average Bonchev–Trinajstić information content (AvgIpc) is 2.71. The Kier molecular flexibility index (Phi) is 7.79. The standard InChI is InChI=1S/C19H20ClF3N2O5S/c1-25(11-12-4-7-16(29-2)17(8-12)30-3)18(26)10-24-31(27,28)13-5-6-15(20)14(9-13)19(21,22)23/h4-9,24H,10-11H2,1-3H3. The molecule has 0 fully saturated rings. The molecule has 0 atom stereocenters. The second-order valence-corrected chi connectivity index (χ2v) is 8.58. The first-order chi connectivity index (χ1) is 14.4. The fraction of sp³-hybridized carbons (Fsp3) is 0.316. The molecule has 2 rings (SSSR count). The van der Waals surface area contributed by atoms with Gasteiger partial charge in [0.15, 0.2) is 11.5 Å². The maximum Gasteiger partial charge on any atom is 0.417 e. The van der Waals surface area contributed by atoms with Gasteiger partial charge in [0.2, 0.25) is 15.9 Å². The molecule has 0 unspecified atom stereocenters. The third-order valence-corrected chi connectivity index (χ3v) is 5.99. The number of hydrogen-bond donors (Lipinski definition) is 1. The molecule has 2 aromatic rings. The smallest absolute Gasteiger partial charge is 0.417 e. The number of methoxy groups -OCH3 is 2. The molecule has 0 aliphatic rings. The maximum atomic E-state index is 13.0. The summed E-state index contributed by atoms with van der Waals surface area (Å²) in [5, 5.41) is -0.628. The summed E-state index contributed by atoms with van der Waals surface area (Å²) in [6, 6.07) is 7.22. The highest BCUT2D eigenvalue weighted by molar-refractivity contribution is 7.89. The lowest BCUT2D eigenvalue weighted by Crippen LogP contribution is -2.37. The van der Waals surface area contributed by atoms with Gasteiger partial charge in [-0.25, -0.2) is 13.1 Å². The molecule has 0 saturated heterocycles. The number of ether oxygens (including phenoxy) is 2. The van der Waals surface area contributed by atoms with Crippen LogP contribution in [0.2, 0.25) is 5.02 Å². The highest BCUT2D eigenvalue weighted by atomic mass is 35.5. The largest absolute Gasteiger partial charge is 0.493 e. The van der Waals surface area contributed by atoms with Crippen LogP contribution in [0.25, 0.3) is 0 Å². The van der Waals surface area contributed by atoms with Crippen LogP contribution in [0.5, 0.6) is 11.5 Å². The Morgan fingerprint density at radius 1 is 1.10 bits per heavy atom. The number of rotatable bonds is 8. The summed E-state index contributed by atoms with van der Waals surface area (Å²) in [7, 11) is 0.0304. The number of carbonyl (C=O) groups excluding carboxylic acids is 1. The summed E-state index contributed by atoms with van der Waals surface area (Å²) in [6.07, 6.45) is -4.82. The quantitative estimate of drug-likeness (QED) is 0.626. The zero-order valence-electron chi connectivity index (χ0n) is 16.8. The number of sulfonamides is 1. The van der Waals surface area contributed by atoms with Crippen LogP contribution in [0.15, 0.2) is 41.3 Å². The van der Waals surface area contributed by atoms with E-state index >= 15 is 0 Å². The molecule has 1 N–H and O–H groups in total. The van der Waals surface area contributed by atoms with Crippen molar-refractivity contribution < 1.29 is 35.9 Å². The van der Waals surface area contributed by atoms with Crippen LogP contribution in [-0.4, -0.2) is 47.0 Å². The highest BCUT2D eigenvalue weighted by Crippen LogP contribution is 2.35. The van der Waals surface area contributed by atoms with Crippen molar-refractivity contribution >= 4 is 27.5 Å². The van der Waals surface area contributed by atoms with E-state index in [1.165, 1.54) is 26.2 Å². The molecule has 0 aliphatic heterocycles. The summed E-state index contributed by atoms with van der Waals surface area (Å²) in [5.74, 6) is 0.377. The number of benzene rings is 2. The molecule has 170 valence electrons. The Balaban J connectivity index is 2.07. The molecule has 2 aromatic carbocycles. The lowest BCUT2D eigenvalue weighted by Gasteiger charge is -2.19. The number of nitrogens with one attached hydrogen (secondary N) is 1. The fourth-order valence-electron chi connectivity index (χ4n) is 2.60. The normalized spacial score (nSPS) is 11.8. The van der Waals surface area contributed by atoms with E-state index in [1.54, 1.807) is 18.2 Å². The average molecular weight is 481 g/mol. The Morgan fingerprint density at radius 2 is 1.74 bits per heavy atom. The van der Waals surface area contributed by atoms with E-state index < -0.39 is 44.1 Å². The van der Waals surface area contributed by atoms with Crippen molar-refractivity contribution in [2.45, 2.75) is 17.6 Å². The summed E-state index contributed by atoms with van der Waals surface area (Å²) >= 11 is 5.50. The van der Waals surface area contributed by atoms with Gasteiger partial charge < -0.3 is 14.4 Å². The first-order valence-corrected chi connectivity index (χ1v) is 10.6. The van der Waals surface area contributed by atoms with E-state index in [9.17, 15) is 26.4 Å². The third-order valence-electron chi connectivity index (χ3n) is 4.26. The first kappa shape index (κ1) is 24.8. The van der Waals surface area contributed by atoms with Gasteiger partial charge >= 0.3 is 6.18 Å². The monoisotopic (exact) mass is 480 g/mol. The van der Waals surface area contributed by atoms with Crippen LogP contribution >= 0.6 is 11.6 Å². The molecule has 0 bridgehead atoms. The van der Waals surface area contributed by atoms with Gasteiger partial charge in [0.05, 0.1) is 36.2 Å². The molecular weight excluding hydrogens is 461 g/mol. The number of halogens is 4. The number of carbonyl (C=O) groups is 1. The number of likely N-dealkylation sites (N-methyl/N-ethyl adjacent to an activating group) is 1. The number of alkyl halides is 3. The number of nitrogens with zero attached hydrogens (tertiary/aromatic N) is 1. The molecule has 0 radical (unpaired) electrons. The van der Waals surface area contributed by atoms with Crippen molar-refractivity contribution in [3.8, 4) is 11.5 Å². The van der Waals surface area contributed by atoms with Crippen LogP contribution in [-0.2, 0) is 27.5 Å². The predicted molar refractivity (Wildman–Crippen MR) is 108 cm³/mol. The van der Waals surface area contributed by atoms with E-state index in [0.717, 1.165) is 12.1 Å². The van der Waals surface area contributed by atoms with Gasteiger partial charge in [-0.1, -0.05) is 17.7 Å². The summed E-state index contributed by atoms with van der Waals surface area (Å²) in [6.45, 7) is -0.504. The van der Waals surface area contributed by atoms with Gasteiger partial charge in [-0.3, -0.25) is 4.79 Å². The van der Waals surface area contributed by atoms with Crippen LogP contribution in [0, 0.1) is 0 Å². The SMILES string of the molecule is COc1ccc(CN(C)C(=O)CNS(=O)(=O)c2ccc(Cl)c(C(F)(F)F)c2)cc1OC. The minimum atomic E-state index is -4.82. The van der Waals surface area contributed by atoms with Gasteiger partial charge in [0.25, 0.3) is 0 Å². The summed E-state index contributed by atoms with van der Waals surface area (Å²) < 4.78 is 75.9. The molecule has 12 heteroatoms. The van der Waals surface area contributed by atoms with Gasteiger partial charge in [0.1, 0.15) is 0 Å². The van der Waals surface area contributed by atoms with Crippen molar-refractivity contribution in [1.82, 2.24) is 9.62 Å². The highest BCUT2D eigenvalue weighted by Gasteiger charge is 2.34. The molecular formula is C19H20ClF3N2O5S. The zero-order chi connectivity index (χ0) is 23.4. The molecule has 0 aromatic heterocycles. The summed E-state index contributed by atoms with van der Waals surface area (Å²) in [4.78, 5) is 12.9. The molecule has 0 heterocycles. The molecule has 1 amide bonds. The van der Waals surface area contributed by atoms with Gasteiger partial charge in [0, 0.05) is 13.6 Å². The van der Waals surface area contributed by atoms with Crippen molar-refractivity contribution in [3.05, 3.63) is 52.5 Å². The molecule has 0 saturated carbocycles. The van der Waals surface area contributed by atoms with Crippen molar-refractivity contribution in [3.63, 3.8) is 0 Å². The van der Waals surface area contributed by atoms with Crippen molar-refractivity contribution in [2.75, 3.05) is 27.8 Å². The van der Waals surface area contributed by atoms with Gasteiger partial charge in [-0.05, 0) is 35.9 Å². The fourth-order valence-corrected chi connectivity index (χ4v) is 3.83. The van der Waals surface area contributed by atoms with E-state index in [4.69, 9.17) is 21.1 Å². The van der Waals surface area contributed by atoms with E-state index in [0.29, 0.717) is 23.1 Å². The second kappa shape index (κ2) is 9.75. The minimum absolute atomic E-state index is 0.139. The predicted octanol–water partition coefficient (Wildman–Crippen LogP) is 3.31.